The summed E-state index contributed by atoms with van der Waals surface area (Å²) in [5, 5.41) is 6.67. The van der Waals surface area contributed by atoms with Crippen LogP contribution >= 0.6 is 0 Å². The van der Waals surface area contributed by atoms with Gasteiger partial charge in [-0.25, -0.2) is 13.1 Å². The van der Waals surface area contributed by atoms with Gasteiger partial charge in [-0.05, 0) is 50.6 Å². The van der Waals surface area contributed by atoms with Crippen LogP contribution in [0, 0.1) is 13.8 Å². The molecule has 9 heteroatoms. The molecule has 31 heavy (non-hydrogen) atoms. The van der Waals surface area contributed by atoms with Crippen molar-refractivity contribution in [3.63, 3.8) is 0 Å². The molecule has 1 heterocycles. The number of hydrogen-bond donors (Lipinski definition) is 2. The smallest absolute Gasteiger partial charge is 0.251 e. The molecule has 1 aromatic heterocycles. The standard InChI is InChI=1S/C22H23N3O5S/c1-14-21(16(3)30-25-14)13-23-22(27)19-6-4-17(5-7-19)12-24-31(28,29)20-10-8-18(9-11-20)15(2)26/h4-11,24H,12-13H2,1-3H3,(H,23,27). The largest absolute Gasteiger partial charge is 0.361 e. The van der Waals surface area contributed by atoms with Crippen LogP contribution in [0.2, 0.25) is 0 Å². The molecular formula is C22H23N3O5S. The Morgan fingerprint density at radius 2 is 1.55 bits per heavy atom. The molecule has 1 amide bonds. The third-order valence-electron chi connectivity index (χ3n) is 4.86. The predicted molar refractivity (Wildman–Crippen MR) is 114 cm³/mol. The van der Waals surface area contributed by atoms with Gasteiger partial charge in [-0.3, -0.25) is 9.59 Å². The second kappa shape index (κ2) is 9.23. The van der Waals surface area contributed by atoms with Crippen molar-refractivity contribution in [2.45, 2.75) is 38.8 Å². The fourth-order valence-electron chi connectivity index (χ4n) is 2.93. The van der Waals surface area contributed by atoms with E-state index >= 15 is 0 Å². The Morgan fingerprint density at radius 3 is 2.10 bits per heavy atom. The van der Waals surface area contributed by atoms with Crippen molar-refractivity contribution in [2.24, 2.45) is 0 Å². The van der Waals surface area contributed by atoms with Crippen molar-refractivity contribution in [1.82, 2.24) is 15.2 Å². The number of hydrogen-bond acceptors (Lipinski definition) is 6. The van der Waals surface area contributed by atoms with Crippen molar-refractivity contribution < 1.29 is 22.5 Å². The van der Waals surface area contributed by atoms with Crippen molar-refractivity contribution in [3.05, 3.63) is 82.2 Å². The van der Waals surface area contributed by atoms with Crippen molar-refractivity contribution in [1.29, 1.82) is 0 Å². The maximum atomic E-state index is 12.4. The lowest BCUT2D eigenvalue weighted by Gasteiger charge is -2.09. The van der Waals surface area contributed by atoms with Gasteiger partial charge in [0.15, 0.2) is 5.78 Å². The number of nitrogens with zero attached hydrogens (tertiary/aromatic N) is 1. The van der Waals surface area contributed by atoms with Gasteiger partial charge in [0.1, 0.15) is 5.76 Å². The highest BCUT2D eigenvalue weighted by Gasteiger charge is 2.15. The monoisotopic (exact) mass is 441 g/mol. The van der Waals surface area contributed by atoms with Crippen molar-refractivity contribution in [2.75, 3.05) is 0 Å². The van der Waals surface area contributed by atoms with E-state index in [9.17, 15) is 18.0 Å². The number of amides is 1. The molecule has 0 aliphatic carbocycles. The molecule has 0 fully saturated rings. The fraction of sp³-hybridized carbons (Fsp3) is 0.227. The first-order valence-corrected chi connectivity index (χ1v) is 11.1. The van der Waals surface area contributed by atoms with Gasteiger partial charge in [-0.15, -0.1) is 0 Å². The van der Waals surface area contributed by atoms with E-state index in [4.69, 9.17) is 4.52 Å². The van der Waals surface area contributed by atoms with E-state index in [1.165, 1.54) is 31.2 Å². The predicted octanol–water partition coefficient (Wildman–Crippen LogP) is 2.90. The number of rotatable bonds is 8. The molecule has 162 valence electrons. The number of aryl methyl sites for hydroxylation is 2. The molecule has 3 rings (SSSR count). The van der Waals surface area contributed by atoms with E-state index in [-0.39, 0.29) is 23.1 Å². The van der Waals surface area contributed by atoms with Crippen LogP contribution in [0.15, 0.2) is 57.9 Å². The Labute approximate surface area is 180 Å². The molecular weight excluding hydrogens is 418 g/mol. The van der Waals surface area contributed by atoms with Crippen LogP contribution in [0.1, 0.15) is 50.2 Å². The summed E-state index contributed by atoms with van der Waals surface area (Å²) in [5.41, 5.74) is 3.18. The van der Waals surface area contributed by atoms with Crippen LogP contribution in [-0.2, 0) is 23.1 Å². The Kier molecular flexibility index (Phi) is 6.67. The summed E-state index contributed by atoms with van der Waals surface area (Å²) in [5.74, 6) is 0.279. The first-order valence-electron chi connectivity index (χ1n) is 9.57. The van der Waals surface area contributed by atoms with Gasteiger partial charge in [-0.2, -0.15) is 0 Å². The summed E-state index contributed by atoms with van der Waals surface area (Å²) in [4.78, 5) is 23.8. The van der Waals surface area contributed by atoms with Gasteiger partial charge in [0, 0.05) is 29.8 Å². The van der Waals surface area contributed by atoms with E-state index < -0.39 is 10.0 Å². The molecule has 0 radical (unpaired) electrons. The summed E-state index contributed by atoms with van der Waals surface area (Å²) in [6.07, 6.45) is 0. The van der Waals surface area contributed by atoms with E-state index in [0.717, 1.165) is 11.3 Å². The quantitative estimate of drug-likeness (QED) is 0.519. The number of nitrogens with one attached hydrogen (secondary N) is 2. The van der Waals surface area contributed by atoms with Crippen LogP contribution in [0.5, 0.6) is 0 Å². The molecule has 8 nitrogen and oxygen atoms in total. The molecule has 0 saturated carbocycles. The van der Waals surface area contributed by atoms with Crippen molar-refractivity contribution in [3.8, 4) is 0 Å². The average Bonchev–Trinajstić information content (AvgIpc) is 3.08. The number of carbonyl (C=O) groups excluding carboxylic acids is 2. The van der Waals surface area contributed by atoms with Crippen molar-refractivity contribution >= 4 is 21.7 Å². The Bertz CT molecular complexity index is 1180. The number of sulfonamides is 1. The molecule has 0 unspecified atom stereocenters. The fourth-order valence-corrected chi connectivity index (χ4v) is 3.95. The van der Waals surface area contributed by atoms with Crippen LogP contribution in [0.3, 0.4) is 0 Å². The molecule has 0 saturated heterocycles. The molecule has 2 aromatic carbocycles. The highest BCUT2D eigenvalue weighted by Crippen LogP contribution is 2.14. The molecule has 0 aliphatic heterocycles. The van der Waals surface area contributed by atoms with Crippen LogP contribution in [0.25, 0.3) is 0 Å². The highest BCUT2D eigenvalue weighted by molar-refractivity contribution is 7.89. The summed E-state index contributed by atoms with van der Waals surface area (Å²) in [7, 11) is -3.72. The molecule has 3 aromatic rings. The Balaban J connectivity index is 1.58. The molecule has 2 N–H and O–H groups in total. The first kappa shape index (κ1) is 22.4. The van der Waals surface area contributed by atoms with Crippen LogP contribution in [0.4, 0.5) is 0 Å². The van der Waals surface area contributed by atoms with Gasteiger partial charge in [0.25, 0.3) is 5.91 Å². The third kappa shape index (κ3) is 5.44. The normalized spacial score (nSPS) is 11.3. The Hall–Kier alpha value is -3.30. The summed E-state index contributed by atoms with van der Waals surface area (Å²) in [6, 6.07) is 12.4. The van der Waals surface area contributed by atoms with Gasteiger partial charge < -0.3 is 9.84 Å². The molecule has 0 bridgehead atoms. The van der Waals surface area contributed by atoms with E-state index in [1.807, 2.05) is 6.92 Å². The lowest BCUT2D eigenvalue weighted by Crippen LogP contribution is -2.24. The van der Waals surface area contributed by atoms with E-state index in [1.54, 1.807) is 31.2 Å². The molecule has 0 spiro atoms. The second-order valence-electron chi connectivity index (χ2n) is 7.09. The number of carbonyl (C=O) groups is 2. The number of Topliss-reactive ketones (excluding diaryl/α,β-unsaturated/α-hetero) is 1. The summed E-state index contributed by atoms with van der Waals surface area (Å²) in [6.45, 7) is 5.39. The van der Waals surface area contributed by atoms with E-state index in [2.05, 4.69) is 15.2 Å². The summed E-state index contributed by atoms with van der Waals surface area (Å²) >= 11 is 0. The molecule has 0 aliphatic rings. The minimum absolute atomic E-state index is 0.0672. The minimum atomic E-state index is -3.72. The lowest BCUT2D eigenvalue weighted by atomic mass is 10.1. The second-order valence-corrected chi connectivity index (χ2v) is 8.85. The van der Waals surface area contributed by atoms with Gasteiger partial charge in [0.05, 0.1) is 10.6 Å². The molecule has 0 atom stereocenters. The number of ketones is 1. The zero-order valence-corrected chi connectivity index (χ0v) is 18.2. The SMILES string of the molecule is CC(=O)c1ccc(S(=O)(=O)NCc2ccc(C(=O)NCc3c(C)noc3C)cc2)cc1. The van der Waals surface area contributed by atoms with Crippen LogP contribution in [-0.4, -0.2) is 25.3 Å². The number of benzene rings is 2. The minimum Gasteiger partial charge on any atom is -0.361 e. The number of aromatic nitrogens is 1. The topological polar surface area (TPSA) is 118 Å². The van der Waals surface area contributed by atoms with Gasteiger partial charge >= 0.3 is 0 Å². The van der Waals surface area contributed by atoms with E-state index in [0.29, 0.717) is 29.0 Å². The maximum absolute atomic E-state index is 12.4. The maximum Gasteiger partial charge on any atom is 0.251 e. The average molecular weight is 442 g/mol. The summed E-state index contributed by atoms with van der Waals surface area (Å²) < 4.78 is 32.5. The van der Waals surface area contributed by atoms with Gasteiger partial charge in [0.2, 0.25) is 10.0 Å². The van der Waals surface area contributed by atoms with Crippen LogP contribution < -0.4 is 10.0 Å². The van der Waals surface area contributed by atoms with Gasteiger partial charge in [-0.1, -0.05) is 29.4 Å². The first-order chi connectivity index (χ1) is 14.7. The lowest BCUT2D eigenvalue weighted by molar-refractivity contribution is 0.0949. The zero-order valence-electron chi connectivity index (χ0n) is 17.4. The highest BCUT2D eigenvalue weighted by atomic mass is 32.2. The Morgan fingerprint density at radius 1 is 0.935 bits per heavy atom. The zero-order chi connectivity index (χ0) is 22.6. The third-order valence-corrected chi connectivity index (χ3v) is 6.28.